The second-order valence-electron chi connectivity index (χ2n) is 7.93. The minimum absolute atomic E-state index is 0.0894. The lowest BCUT2D eigenvalue weighted by molar-refractivity contribution is -0.183. The van der Waals surface area contributed by atoms with E-state index in [2.05, 4.69) is 29.0 Å². The molecule has 2 aliphatic heterocycles. The molecule has 0 radical (unpaired) electrons. The van der Waals surface area contributed by atoms with E-state index in [0.717, 1.165) is 44.6 Å². The maximum absolute atomic E-state index is 11.8. The smallest absolute Gasteiger partial charge is 0.252 e. The van der Waals surface area contributed by atoms with Crippen molar-refractivity contribution in [3.05, 3.63) is 23.9 Å². The van der Waals surface area contributed by atoms with Gasteiger partial charge in [-0.2, -0.15) is 0 Å². The lowest BCUT2D eigenvalue weighted by Gasteiger charge is -2.49. The molecule has 0 aliphatic carbocycles. The Labute approximate surface area is 155 Å². The van der Waals surface area contributed by atoms with Crippen LogP contribution in [0.3, 0.4) is 0 Å². The average Bonchev–Trinajstić information content (AvgIpc) is 2.62. The van der Waals surface area contributed by atoms with Gasteiger partial charge < -0.3 is 20.1 Å². The number of nitrogens with zero attached hydrogens (tertiary/aromatic N) is 2. The first-order chi connectivity index (χ1) is 12.4. The van der Waals surface area contributed by atoms with Crippen molar-refractivity contribution in [3.63, 3.8) is 0 Å². The van der Waals surface area contributed by atoms with Gasteiger partial charge in [-0.05, 0) is 44.2 Å². The quantitative estimate of drug-likeness (QED) is 0.861. The van der Waals surface area contributed by atoms with Gasteiger partial charge >= 0.3 is 0 Å². The number of amides is 1. The van der Waals surface area contributed by atoms with Crippen LogP contribution in [0, 0.1) is 5.92 Å². The standard InChI is InChI=1S/C20H31N3O3/c1-4-21-19(25)15-5-6-18(22-13-15)23-9-7-20(8-10-23)12-16(24)11-17(26-20)14(2)3/h5-6,13-14,16-17,24H,4,7-12H2,1-3H3,(H,21,25)/t16-,17-/m1/s1. The number of rotatable bonds is 4. The molecule has 1 aromatic heterocycles. The highest BCUT2D eigenvalue weighted by molar-refractivity contribution is 5.93. The molecule has 2 atom stereocenters. The molecule has 3 rings (SSSR count). The van der Waals surface area contributed by atoms with Gasteiger partial charge in [0.25, 0.3) is 5.91 Å². The molecular weight excluding hydrogens is 330 g/mol. The van der Waals surface area contributed by atoms with E-state index in [0.29, 0.717) is 18.0 Å². The van der Waals surface area contributed by atoms with Crippen molar-refractivity contribution in [2.24, 2.45) is 5.92 Å². The number of piperidine rings is 1. The normalized spacial score (nSPS) is 25.5. The predicted molar refractivity (Wildman–Crippen MR) is 101 cm³/mol. The number of hydrogen-bond acceptors (Lipinski definition) is 5. The molecule has 1 spiro atoms. The van der Waals surface area contributed by atoms with Crippen LogP contribution < -0.4 is 10.2 Å². The first kappa shape index (κ1) is 19.1. The Hall–Kier alpha value is -1.66. The Kier molecular flexibility index (Phi) is 5.82. The number of nitrogens with one attached hydrogen (secondary N) is 1. The topological polar surface area (TPSA) is 74.7 Å². The number of carbonyl (C=O) groups is 1. The SMILES string of the molecule is CCNC(=O)c1ccc(N2CCC3(CC2)C[C@H](O)C[C@H](C(C)C)O3)nc1. The van der Waals surface area contributed by atoms with E-state index in [1.807, 2.05) is 19.1 Å². The maximum atomic E-state index is 11.8. The molecule has 0 unspecified atom stereocenters. The van der Waals surface area contributed by atoms with Crippen molar-refractivity contribution in [1.29, 1.82) is 0 Å². The van der Waals surface area contributed by atoms with Crippen molar-refractivity contribution in [3.8, 4) is 0 Å². The molecular formula is C20H31N3O3. The number of aliphatic hydroxyl groups excluding tert-OH is 1. The van der Waals surface area contributed by atoms with Crippen LogP contribution in [-0.4, -0.2) is 53.4 Å². The third kappa shape index (κ3) is 4.18. The van der Waals surface area contributed by atoms with Crippen LogP contribution in [0.2, 0.25) is 0 Å². The molecule has 6 heteroatoms. The highest BCUT2D eigenvalue weighted by Gasteiger charge is 2.44. The van der Waals surface area contributed by atoms with Gasteiger partial charge in [0.1, 0.15) is 5.82 Å². The minimum Gasteiger partial charge on any atom is -0.393 e. The lowest BCUT2D eigenvalue weighted by atomic mass is 9.80. The fourth-order valence-electron chi connectivity index (χ4n) is 4.04. The summed E-state index contributed by atoms with van der Waals surface area (Å²) >= 11 is 0. The Morgan fingerprint density at radius 1 is 1.42 bits per heavy atom. The summed E-state index contributed by atoms with van der Waals surface area (Å²) in [5.74, 6) is 1.22. The Balaban J connectivity index is 1.62. The van der Waals surface area contributed by atoms with Gasteiger partial charge in [-0.3, -0.25) is 4.79 Å². The summed E-state index contributed by atoms with van der Waals surface area (Å²) in [5.41, 5.74) is 0.381. The summed E-state index contributed by atoms with van der Waals surface area (Å²) in [5, 5.41) is 13.1. The molecule has 0 aromatic carbocycles. The summed E-state index contributed by atoms with van der Waals surface area (Å²) in [4.78, 5) is 18.6. The molecule has 1 amide bonds. The van der Waals surface area contributed by atoms with Gasteiger partial charge in [0.2, 0.25) is 0 Å². The van der Waals surface area contributed by atoms with Crippen LogP contribution in [0.15, 0.2) is 18.3 Å². The number of carbonyl (C=O) groups excluding carboxylic acids is 1. The van der Waals surface area contributed by atoms with Crippen molar-refractivity contribution in [2.45, 2.75) is 64.3 Å². The van der Waals surface area contributed by atoms with Crippen LogP contribution in [-0.2, 0) is 4.74 Å². The van der Waals surface area contributed by atoms with Crippen molar-refractivity contribution in [2.75, 3.05) is 24.5 Å². The Bertz CT molecular complexity index is 609. The number of ether oxygens (including phenoxy) is 1. The molecule has 3 heterocycles. The number of aliphatic hydroxyl groups is 1. The predicted octanol–water partition coefficient (Wildman–Crippen LogP) is 2.37. The molecule has 2 fully saturated rings. The summed E-state index contributed by atoms with van der Waals surface area (Å²) < 4.78 is 6.45. The number of pyridine rings is 1. The third-order valence-corrected chi connectivity index (χ3v) is 5.60. The van der Waals surface area contributed by atoms with E-state index in [4.69, 9.17) is 4.74 Å². The van der Waals surface area contributed by atoms with Crippen LogP contribution in [0.5, 0.6) is 0 Å². The largest absolute Gasteiger partial charge is 0.393 e. The monoisotopic (exact) mass is 361 g/mol. The summed E-state index contributed by atoms with van der Waals surface area (Å²) in [6.07, 6.45) is 4.77. The van der Waals surface area contributed by atoms with E-state index < -0.39 is 0 Å². The van der Waals surface area contributed by atoms with E-state index in [9.17, 15) is 9.90 Å². The molecule has 1 aromatic rings. The molecule has 6 nitrogen and oxygen atoms in total. The Morgan fingerprint density at radius 2 is 2.15 bits per heavy atom. The van der Waals surface area contributed by atoms with Crippen molar-refractivity contribution in [1.82, 2.24) is 10.3 Å². The first-order valence-electron chi connectivity index (χ1n) is 9.77. The lowest BCUT2D eigenvalue weighted by Crippen LogP contribution is -2.53. The molecule has 26 heavy (non-hydrogen) atoms. The van der Waals surface area contributed by atoms with Crippen LogP contribution >= 0.6 is 0 Å². The zero-order chi connectivity index (χ0) is 18.7. The highest BCUT2D eigenvalue weighted by atomic mass is 16.5. The fraction of sp³-hybridized carbons (Fsp3) is 0.700. The van der Waals surface area contributed by atoms with E-state index >= 15 is 0 Å². The summed E-state index contributed by atoms with van der Waals surface area (Å²) in [6.45, 7) is 8.53. The third-order valence-electron chi connectivity index (χ3n) is 5.60. The van der Waals surface area contributed by atoms with Gasteiger partial charge in [0.05, 0.1) is 23.4 Å². The van der Waals surface area contributed by atoms with Crippen molar-refractivity contribution < 1.29 is 14.6 Å². The summed E-state index contributed by atoms with van der Waals surface area (Å²) in [7, 11) is 0. The van der Waals surface area contributed by atoms with Gasteiger partial charge in [0.15, 0.2) is 0 Å². The second-order valence-corrected chi connectivity index (χ2v) is 7.93. The summed E-state index contributed by atoms with van der Waals surface area (Å²) in [6, 6.07) is 3.74. The zero-order valence-corrected chi connectivity index (χ0v) is 16.1. The van der Waals surface area contributed by atoms with Gasteiger partial charge in [-0.25, -0.2) is 4.98 Å². The first-order valence-corrected chi connectivity index (χ1v) is 9.77. The van der Waals surface area contributed by atoms with Crippen molar-refractivity contribution >= 4 is 11.7 Å². The fourth-order valence-corrected chi connectivity index (χ4v) is 4.04. The van der Waals surface area contributed by atoms with Crippen LogP contribution in [0.1, 0.15) is 56.8 Å². The Morgan fingerprint density at radius 3 is 2.73 bits per heavy atom. The number of anilines is 1. The molecule has 2 saturated heterocycles. The van der Waals surface area contributed by atoms with E-state index in [-0.39, 0.29) is 23.7 Å². The van der Waals surface area contributed by atoms with Gasteiger partial charge in [-0.15, -0.1) is 0 Å². The number of aromatic nitrogens is 1. The molecule has 0 saturated carbocycles. The molecule has 0 bridgehead atoms. The van der Waals surface area contributed by atoms with E-state index in [1.54, 1.807) is 6.20 Å². The average molecular weight is 361 g/mol. The minimum atomic E-state index is -0.266. The molecule has 2 aliphatic rings. The van der Waals surface area contributed by atoms with Crippen LogP contribution in [0.25, 0.3) is 0 Å². The number of hydrogen-bond donors (Lipinski definition) is 2. The zero-order valence-electron chi connectivity index (χ0n) is 16.1. The van der Waals surface area contributed by atoms with Gasteiger partial charge in [-0.1, -0.05) is 13.8 Å². The molecule has 144 valence electrons. The maximum Gasteiger partial charge on any atom is 0.252 e. The van der Waals surface area contributed by atoms with Gasteiger partial charge in [0, 0.05) is 32.3 Å². The second kappa shape index (κ2) is 7.92. The highest BCUT2D eigenvalue weighted by Crippen LogP contribution is 2.39. The van der Waals surface area contributed by atoms with E-state index in [1.165, 1.54) is 0 Å². The van der Waals surface area contributed by atoms with Crippen LogP contribution in [0.4, 0.5) is 5.82 Å². The molecule has 2 N–H and O–H groups in total.